The zero-order valence-corrected chi connectivity index (χ0v) is 14.3. The van der Waals surface area contributed by atoms with E-state index < -0.39 is 0 Å². The lowest BCUT2D eigenvalue weighted by Gasteiger charge is -2.16. The van der Waals surface area contributed by atoms with Crippen LogP contribution in [-0.2, 0) is 14.4 Å². The fourth-order valence-electron chi connectivity index (χ4n) is 3.03. The molecule has 2 atom stereocenters. The largest absolute Gasteiger partial charge is 0.348 e. The van der Waals surface area contributed by atoms with Crippen LogP contribution < -0.4 is 16.1 Å². The van der Waals surface area contributed by atoms with E-state index in [1.165, 1.54) is 0 Å². The van der Waals surface area contributed by atoms with Crippen molar-refractivity contribution in [1.82, 2.24) is 10.7 Å². The predicted octanol–water partition coefficient (Wildman–Crippen LogP) is 1.83. The van der Waals surface area contributed by atoms with Crippen LogP contribution >= 0.6 is 11.6 Å². The molecule has 3 rings (SSSR count). The molecule has 3 N–H and O–H groups in total. The molecule has 0 bridgehead atoms. The van der Waals surface area contributed by atoms with E-state index in [1.54, 1.807) is 24.3 Å². The molecule has 1 aliphatic heterocycles. The zero-order valence-electron chi connectivity index (χ0n) is 13.5. The highest BCUT2D eigenvalue weighted by Gasteiger charge is 2.32. The molecule has 0 radical (unpaired) electrons. The Hall–Kier alpha value is -2.41. The van der Waals surface area contributed by atoms with Crippen LogP contribution in [0.2, 0.25) is 5.02 Å². The number of anilines is 1. The van der Waals surface area contributed by atoms with E-state index in [-0.39, 0.29) is 36.1 Å². The van der Waals surface area contributed by atoms with Gasteiger partial charge in [-0.15, -0.1) is 0 Å². The zero-order chi connectivity index (χ0) is 17.8. The van der Waals surface area contributed by atoms with Crippen LogP contribution in [0.3, 0.4) is 0 Å². The van der Waals surface area contributed by atoms with Crippen LogP contribution in [0.25, 0.3) is 0 Å². The quantitative estimate of drug-likeness (QED) is 0.761. The minimum absolute atomic E-state index is 0.0543. The van der Waals surface area contributed by atoms with Gasteiger partial charge in [-0.3, -0.25) is 14.4 Å². The molecule has 1 heterocycles. The second kappa shape index (κ2) is 7.65. The van der Waals surface area contributed by atoms with E-state index in [9.17, 15) is 14.4 Å². The third kappa shape index (κ3) is 4.57. The maximum Gasteiger partial charge on any atom is 0.267 e. The van der Waals surface area contributed by atoms with E-state index in [0.717, 1.165) is 6.42 Å². The molecule has 0 aromatic heterocycles. The fourth-order valence-corrected chi connectivity index (χ4v) is 3.16. The molecule has 25 heavy (non-hydrogen) atoms. The van der Waals surface area contributed by atoms with Gasteiger partial charge in [0.25, 0.3) is 5.91 Å². The lowest BCUT2D eigenvalue weighted by atomic mass is 10.1. The topological polar surface area (TPSA) is 99.7 Å². The second-order valence-electron chi connectivity index (χ2n) is 6.27. The smallest absolute Gasteiger partial charge is 0.267 e. The van der Waals surface area contributed by atoms with Crippen LogP contribution in [0.15, 0.2) is 29.4 Å². The van der Waals surface area contributed by atoms with Crippen molar-refractivity contribution in [2.75, 3.05) is 5.32 Å². The number of halogens is 1. The van der Waals surface area contributed by atoms with Gasteiger partial charge >= 0.3 is 0 Å². The average Bonchev–Trinajstić information content (AvgIpc) is 3.06. The van der Waals surface area contributed by atoms with E-state index in [1.807, 2.05) is 0 Å². The summed E-state index contributed by atoms with van der Waals surface area (Å²) < 4.78 is 0. The molecule has 7 nitrogen and oxygen atoms in total. The van der Waals surface area contributed by atoms with Crippen molar-refractivity contribution in [2.45, 2.75) is 38.1 Å². The molecule has 3 amide bonds. The number of carbonyl (C=O) groups excluding carboxylic acids is 3. The minimum Gasteiger partial charge on any atom is -0.348 e. The van der Waals surface area contributed by atoms with E-state index in [4.69, 9.17) is 11.6 Å². The van der Waals surface area contributed by atoms with Crippen LogP contribution in [0.1, 0.15) is 32.1 Å². The molecule has 0 unspecified atom stereocenters. The highest BCUT2D eigenvalue weighted by Crippen LogP contribution is 2.27. The molecule has 8 heteroatoms. The summed E-state index contributed by atoms with van der Waals surface area (Å²) in [7, 11) is 0. The Morgan fingerprint density at radius 2 is 1.92 bits per heavy atom. The van der Waals surface area contributed by atoms with Gasteiger partial charge < -0.3 is 10.6 Å². The second-order valence-corrected chi connectivity index (χ2v) is 6.71. The number of nitrogens with one attached hydrogen (secondary N) is 3. The van der Waals surface area contributed by atoms with Gasteiger partial charge in [0.05, 0.1) is 0 Å². The van der Waals surface area contributed by atoms with E-state index in [0.29, 0.717) is 35.7 Å². The molecule has 1 aliphatic carbocycles. The Morgan fingerprint density at radius 1 is 1.16 bits per heavy atom. The van der Waals surface area contributed by atoms with Gasteiger partial charge in [-0.25, -0.2) is 5.43 Å². The summed E-state index contributed by atoms with van der Waals surface area (Å²) in [6, 6.07) is 6.89. The molecule has 1 aromatic carbocycles. The Balaban J connectivity index is 1.49. The first-order valence-corrected chi connectivity index (χ1v) is 8.62. The normalized spacial score (nSPS) is 22.8. The van der Waals surface area contributed by atoms with Crippen molar-refractivity contribution < 1.29 is 14.4 Å². The van der Waals surface area contributed by atoms with Gasteiger partial charge in [-0.1, -0.05) is 11.6 Å². The maximum atomic E-state index is 12.3. The summed E-state index contributed by atoms with van der Waals surface area (Å²) in [6.45, 7) is 0. The summed E-state index contributed by atoms with van der Waals surface area (Å²) >= 11 is 5.83. The van der Waals surface area contributed by atoms with E-state index in [2.05, 4.69) is 21.2 Å². The molecule has 132 valence electrons. The van der Waals surface area contributed by atoms with Gasteiger partial charge in [0.1, 0.15) is 5.71 Å². The molecule has 0 spiro atoms. The number of amides is 3. The first kappa shape index (κ1) is 17.4. The fraction of sp³-hybridized carbons (Fsp3) is 0.412. The predicted molar refractivity (Wildman–Crippen MR) is 94.2 cm³/mol. The Morgan fingerprint density at radius 3 is 2.60 bits per heavy atom. The van der Waals surface area contributed by atoms with Gasteiger partial charge in [0.2, 0.25) is 11.8 Å². The van der Waals surface area contributed by atoms with Gasteiger partial charge in [0.15, 0.2) is 0 Å². The number of benzene rings is 1. The number of hydrazone groups is 1. The average molecular weight is 363 g/mol. The highest BCUT2D eigenvalue weighted by molar-refractivity contribution is 6.39. The Labute approximate surface area is 150 Å². The van der Waals surface area contributed by atoms with Gasteiger partial charge in [-0.2, -0.15) is 5.10 Å². The first-order chi connectivity index (χ1) is 12.0. The van der Waals surface area contributed by atoms with E-state index >= 15 is 0 Å². The monoisotopic (exact) mass is 362 g/mol. The molecule has 0 saturated heterocycles. The molecular formula is C17H19ClN4O3. The maximum absolute atomic E-state index is 12.3. The lowest BCUT2D eigenvalue weighted by Crippen LogP contribution is -2.41. The number of rotatable bonds is 4. The van der Waals surface area contributed by atoms with Crippen LogP contribution in [0, 0.1) is 5.92 Å². The molecule has 2 aliphatic rings. The number of hydrogen-bond acceptors (Lipinski definition) is 4. The number of nitrogens with zero attached hydrogens (tertiary/aromatic N) is 1. The summed E-state index contributed by atoms with van der Waals surface area (Å²) in [4.78, 5) is 35.6. The van der Waals surface area contributed by atoms with Crippen molar-refractivity contribution >= 4 is 40.7 Å². The van der Waals surface area contributed by atoms with Crippen LogP contribution in [0.5, 0.6) is 0 Å². The summed E-state index contributed by atoms with van der Waals surface area (Å²) in [5.74, 6) is -0.657. The molecular weight excluding hydrogens is 344 g/mol. The van der Waals surface area contributed by atoms with Crippen molar-refractivity contribution in [1.29, 1.82) is 0 Å². The van der Waals surface area contributed by atoms with Crippen molar-refractivity contribution in [3.63, 3.8) is 0 Å². The number of hydrogen-bond donors (Lipinski definition) is 3. The van der Waals surface area contributed by atoms with Crippen molar-refractivity contribution in [3.05, 3.63) is 29.3 Å². The summed E-state index contributed by atoms with van der Waals surface area (Å²) in [5, 5.41) is 10.2. The van der Waals surface area contributed by atoms with Crippen molar-refractivity contribution in [2.24, 2.45) is 11.0 Å². The standard InChI is InChI=1S/C17H19ClN4O3/c18-11-2-5-12(6-3-11)19-16(24)10-1-4-13(9-10)20-17(25)14-7-8-15(23)22-21-14/h2-3,5-6,10,13H,1,4,7-9H2,(H,19,24)(H,20,25)(H,22,23)/t10-,13+/m0/s1. The third-order valence-corrected chi connectivity index (χ3v) is 4.67. The lowest BCUT2D eigenvalue weighted by molar-refractivity contribution is -0.122. The summed E-state index contributed by atoms with van der Waals surface area (Å²) in [5.41, 5.74) is 3.34. The first-order valence-electron chi connectivity index (χ1n) is 8.24. The Bertz CT molecular complexity index is 717. The van der Waals surface area contributed by atoms with Crippen molar-refractivity contribution in [3.8, 4) is 0 Å². The minimum atomic E-state index is -0.274. The van der Waals surface area contributed by atoms with Crippen LogP contribution in [0.4, 0.5) is 5.69 Å². The Kier molecular flexibility index (Phi) is 5.33. The number of carbonyl (C=O) groups is 3. The SMILES string of the molecule is O=C1CCC(C(=O)N[C@@H]2CC[C@H](C(=O)Nc3ccc(Cl)cc3)C2)=NN1. The van der Waals surface area contributed by atoms with Gasteiger partial charge in [0, 0.05) is 35.5 Å². The molecule has 1 saturated carbocycles. The van der Waals surface area contributed by atoms with Crippen LogP contribution in [-0.4, -0.2) is 29.5 Å². The van der Waals surface area contributed by atoms with Gasteiger partial charge in [-0.05, 0) is 43.5 Å². The summed E-state index contributed by atoms with van der Waals surface area (Å²) in [6.07, 6.45) is 2.65. The third-order valence-electron chi connectivity index (χ3n) is 4.42. The highest BCUT2D eigenvalue weighted by atomic mass is 35.5. The molecule has 1 fully saturated rings. The molecule has 1 aromatic rings.